The van der Waals surface area contributed by atoms with Crippen LogP contribution in [0.25, 0.3) is 47.6 Å². The van der Waals surface area contributed by atoms with Gasteiger partial charge in [0.1, 0.15) is 0 Å². The van der Waals surface area contributed by atoms with Crippen LogP contribution in [0.15, 0.2) is 66.9 Å². The monoisotopic (exact) mass is 516 g/mol. The molecule has 1 radical (unpaired) electrons. The van der Waals surface area contributed by atoms with Crippen molar-refractivity contribution in [2.24, 2.45) is 0 Å². The molecule has 4 heteroatoms. The molecule has 0 bridgehead atoms. The average Bonchev–Trinajstić information content (AvgIpc) is 3.17. The molecule has 6 aromatic rings. The first kappa shape index (κ1) is 15.0. The average molecular weight is 516 g/mol. The standard InChI is InChI=1S/C21H11N2S.Ir/c1-2-6-14-13(5-1)9-10-23-18-11-16-15-7-3-4-8-19(15)24-20(16)12-17(18)22-21(14)23;/h1-5,7-12H;/q-1;. The van der Waals surface area contributed by atoms with Crippen molar-refractivity contribution in [1.82, 2.24) is 9.38 Å². The van der Waals surface area contributed by atoms with Gasteiger partial charge in [-0.15, -0.1) is 46.4 Å². The van der Waals surface area contributed by atoms with Crippen LogP contribution >= 0.6 is 11.3 Å². The molecule has 0 fully saturated rings. The maximum absolute atomic E-state index is 4.90. The van der Waals surface area contributed by atoms with Gasteiger partial charge in [0, 0.05) is 40.3 Å². The summed E-state index contributed by atoms with van der Waals surface area (Å²) in [4.78, 5) is 4.90. The molecule has 0 amide bonds. The Kier molecular flexibility index (Phi) is 3.23. The Morgan fingerprint density at radius 3 is 2.80 bits per heavy atom. The van der Waals surface area contributed by atoms with Gasteiger partial charge in [0.15, 0.2) is 0 Å². The van der Waals surface area contributed by atoms with Crippen LogP contribution in [0.5, 0.6) is 0 Å². The van der Waals surface area contributed by atoms with E-state index in [2.05, 4.69) is 65.2 Å². The smallest absolute Gasteiger partial charge is 0.0788 e. The second-order valence-electron chi connectivity index (χ2n) is 6.06. The van der Waals surface area contributed by atoms with Gasteiger partial charge in [-0.25, -0.2) is 0 Å². The fraction of sp³-hybridized carbons (Fsp3) is 0. The number of benzene rings is 3. The third-order valence-electron chi connectivity index (χ3n) is 4.70. The molecule has 6 rings (SSSR count). The van der Waals surface area contributed by atoms with Crippen molar-refractivity contribution in [2.75, 3.05) is 0 Å². The van der Waals surface area contributed by atoms with Crippen molar-refractivity contribution < 1.29 is 20.1 Å². The number of hydrogen-bond acceptors (Lipinski definition) is 2. The van der Waals surface area contributed by atoms with Crippen molar-refractivity contribution in [3.05, 3.63) is 72.9 Å². The Labute approximate surface area is 161 Å². The molecule has 0 atom stereocenters. The van der Waals surface area contributed by atoms with Crippen molar-refractivity contribution >= 4 is 59.0 Å². The van der Waals surface area contributed by atoms with E-state index in [0.29, 0.717) is 0 Å². The largest absolute Gasteiger partial charge is 0.340 e. The van der Waals surface area contributed by atoms with E-state index in [1.165, 1.54) is 25.6 Å². The summed E-state index contributed by atoms with van der Waals surface area (Å²) in [5.74, 6) is 0. The molecule has 0 saturated carbocycles. The van der Waals surface area contributed by atoms with Crippen LogP contribution in [0, 0.1) is 6.07 Å². The Balaban J connectivity index is 0.00000140. The van der Waals surface area contributed by atoms with E-state index < -0.39 is 0 Å². The SMILES string of the molecule is [Ir].[c-]1cccc2ccn3c4cc5c(cc4nc3c12)sc1ccccc15. The molecule has 0 N–H and O–H groups in total. The third-order valence-corrected chi connectivity index (χ3v) is 5.84. The predicted octanol–water partition coefficient (Wildman–Crippen LogP) is 5.81. The summed E-state index contributed by atoms with van der Waals surface area (Å²) in [6, 6.07) is 24.6. The summed E-state index contributed by atoms with van der Waals surface area (Å²) in [6.07, 6.45) is 2.11. The quantitative estimate of drug-likeness (QED) is 0.234. The summed E-state index contributed by atoms with van der Waals surface area (Å²) in [5, 5.41) is 4.88. The molecular formula is C21H11IrN2S-. The van der Waals surface area contributed by atoms with Gasteiger partial charge in [0.05, 0.1) is 16.7 Å². The molecule has 0 aliphatic heterocycles. The Hall–Kier alpha value is -2.26. The van der Waals surface area contributed by atoms with Crippen LogP contribution in [0.3, 0.4) is 0 Å². The Bertz CT molecular complexity index is 1410. The van der Waals surface area contributed by atoms with Crippen molar-refractivity contribution in [3.8, 4) is 0 Å². The van der Waals surface area contributed by atoms with Crippen molar-refractivity contribution in [1.29, 1.82) is 0 Å². The van der Waals surface area contributed by atoms with Crippen LogP contribution in [0.4, 0.5) is 0 Å². The summed E-state index contributed by atoms with van der Waals surface area (Å²) in [6.45, 7) is 0. The molecule has 25 heavy (non-hydrogen) atoms. The fourth-order valence-electron chi connectivity index (χ4n) is 3.58. The first-order chi connectivity index (χ1) is 11.9. The molecule has 2 nitrogen and oxygen atoms in total. The zero-order valence-electron chi connectivity index (χ0n) is 13.0. The molecule has 0 unspecified atom stereocenters. The van der Waals surface area contributed by atoms with E-state index in [-0.39, 0.29) is 20.1 Å². The van der Waals surface area contributed by atoms with Crippen LogP contribution in [0.1, 0.15) is 0 Å². The topological polar surface area (TPSA) is 17.3 Å². The van der Waals surface area contributed by atoms with Crippen LogP contribution < -0.4 is 0 Å². The number of thiophene rings is 1. The minimum absolute atomic E-state index is 0. The number of fused-ring (bicyclic) bond motifs is 8. The van der Waals surface area contributed by atoms with Gasteiger partial charge in [0.25, 0.3) is 0 Å². The van der Waals surface area contributed by atoms with E-state index in [0.717, 1.165) is 22.1 Å². The minimum Gasteiger partial charge on any atom is -0.340 e. The number of aromatic nitrogens is 2. The molecule has 3 heterocycles. The van der Waals surface area contributed by atoms with Gasteiger partial charge in [-0.05, 0) is 24.4 Å². The van der Waals surface area contributed by atoms with Crippen molar-refractivity contribution in [2.45, 2.75) is 0 Å². The molecule has 3 aromatic carbocycles. The zero-order valence-corrected chi connectivity index (χ0v) is 16.2. The van der Waals surface area contributed by atoms with Gasteiger partial charge in [-0.2, -0.15) is 0 Å². The molecule has 0 saturated heterocycles. The normalized spacial score (nSPS) is 11.7. The van der Waals surface area contributed by atoms with Gasteiger partial charge in [-0.1, -0.05) is 24.3 Å². The second kappa shape index (κ2) is 5.37. The Morgan fingerprint density at radius 2 is 1.84 bits per heavy atom. The zero-order chi connectivity index (χ0) is 15.7. The number of hydrogen-bond donors (Lipinski definition) is 0. The van der Waals surface area contributed by atoms with Crippen LogP contribution in [0.2, 0.25) is 0 Å². The van der Waals surface area contributed by atoms with E-state index in [1.807, 2.05) is 23.5 Å². The van der Waals surface area contributed by atoms with Gasteiger partial charge in [0.2, 0.25) is 0 Å². The van der Waals surface area contributed by atoms with Gasteiger partial charge < -0.3 is 4.40 Å². The van der Waals surface area contributed by atoms with E-state index in [1.54, 1.807) is 0 Å². The maximum atomic E-state index is 4.90. The number of rotatable bonds is 0. The Morgan fingerprint density at radius 1 is 0.920 bits per heavy atom. The number of imidazole rings is 1. The van der Waals surface area contributed by atoms with Crippen LogP contribution in [-0.2, 0) is 20.1 Å². The molecular weight excluding hydrogens is 505 g/mol. The van der Waals surface area contributed by atoms with Crippen LogP contribution in [-0.4, -0.2) is 9.38 Å². The minimum atomic E-state index is 0. The van der Waals surface area contributed by atoms with Gasteiger partial charge in [-0.3, -0.25) is 4.98 Å². The molecule has 0 aliphatic carbocycles. The second-order valence-corrected chi connectivity index (χ2v) is 7.14. The summed E-state index contributed by atoms with van der Waals surface area (Å²) < 4.78 is 4.80. The predicted molar refractivity (Wildman–Crippen MR) is 102 cm³/mol. The third kappa shape index (κ3) is 2.02. The van der Waals surface area contributed by atoms with E-state index in [9.17, 15) is 0 Å². The molecule has 121 valence electrons. The first-order valence-corrected chi connectivity index (χ1v) is 8.73. The molecule has 0 aliphatic rings. The van der Waals surface area contributed by atoms with Crippen molar-refractivity contribution in [3.63, 3.8) is 0 Å². The van der Waals surface area contributed by atoms with Gasteiger partial charge >= 0.3 is 0 Å². The number of nitrogens with zero attached hydrogens (tertiary/aromatic N) is 2. The summed E-state index contributed by atoms with van der Waals surface area (Å²) >= 11 is 1.83. The molecule has 0 spiro atoms. The summed E-state index contributed by atoms with van der Waals surface area (Å²) in [7, 11) is 0. The number of pyridine rings is 1. The van der Waals surface area contributed by atoms with E-state index >= 15 is 0 Å². The fourth-order valence-corrected chi connectivity index (χ4v) is 4.70. The molecule has 3 aromatic heterocycles. The maximum Gasteiger partial charge on any atom is 0.0788 e. The first-order valence-electron chi connectivity index (χ1n) is 7.91. The van der Waals surface area contributed by atoms with E-state index in [4.69, 9.17) is 4.98 Å². The summed E-state index contributed by atoms with van der Waals surface area (Å²) in [5.41, 5.74) is 3.17.